The normalized spacial score (nSPS) is 15.2. The largest absolute Gasteiger partial charge is 0.418 e. The molecule has 0 saturated carbocycles. The van der Waals surface area contributed by atoms with Crippen LogP contribution in [0.3, 0.4) is 0 Å². The Morgan fingerprint density at radius 1 is 1.04 bits per heavy atom. The van der Waals surface area contributed by atoms with E-state index in [1.54, 1.807) is 6.07 Å². The predicted octanol–water partition coefficient (Wildman–Crippen LogP) is 3.40. The highest BCUT2D eigenvalue weighted by Gasteiger charge is 2.32. The molecule has 2 aromatic carbocycles. The predicted molar refractivity (Wildman–Crippen MR) is 81.7 cm³/mol. The molecule has 1 heterocycles. The van der Waals surface area contributed by atoms with Crippen molar-refractivity contribution >= 4 is 27.7 Å². The van der Waals surface area contributed by atoms with E-state index >= 15 is 0 Å². The molecule has 0 saturated heterocycles. The van der Waals surface area contributed by atoms with Gasteiger partial charge in [-0.2, -0.15) is 21.6 Å². The molecule has 1 N–H and O–H groups in total. The van der Waals surface area contributed by atoms with Crippen LogP contribution >= 0.6 is 0 Å². The zero-order valence-electron chi connectivity index (χ0n) is 12.2. The van der Waals surface area contributed by atoms with Crippen LogP contribution in [0.2, 0.25) is 0 Å². The molecular formula is C15H9F3N2O4S. The maximum absolute atomic E-state index is 12.5. The molecule has 0 aromatic heterocycles. The van der Waals surface area contributed by atoms with Gasteiger partial charge in [-0.1, -0.05) is 12.1 Å². The van der Waals surface area contributed by atoms with Crippen LogP contribution in [0.25, 0.3) is 0 Å². The van der Waals surface area contributed by atoms with Crippen molar-refractivity contribution in [3.05, 3.63) is 59.7 Å². The highest BCUT2D eigenvalue weighted by molar-refractivity contribution is 7.90. The molecule has 0 atom stereocenters. The number of nitrogens with one attached hydrogen (secondary N) is 1. The van der Waals surface area contributed by atoms with Gasteiger partial charge in [-0.05, 0) is 36.4 Å². The Balaban J connectivity index is 1.74. The first-order chi connectivity index (χ1) is 11.7. The van der Waals surface area contributed by atoms with Crippen LogP contribution in [0.15, 0.2) is 57.8 Å². The van der Waals surface area contributed by atoms with Crippen molar-refractivity contribution in [2.24, 2.45) is 4.40 Å². The maximum Gasteiger partial charge on any atom is 0.418 e. The number of nitrogens with zero attached hydrogens (tertiary/aromatic N) is 1. The third kappa shape index (κ3) is 3.48. The molecule has 10 heteroatoms. The van der Waals surface area contributed by atoms with E-state index in [0.717, 1.165) is 24.3 Å². The van der Waals surface area contributed by atoms with Gasteiger partial charge in [0, 0.05) is 5.69 Å². The average molecular weight is 370 g/mol. The molecule has 1 aliphatic heterocycles. The Hall–Kier alpha value is -2.88. The number of alkyl halides is 3. The van der Waals surface area contributed by atoms with Crippen molar-refractivity contribution in [1.82, 2.24) is 0 Å². The van der Waals surface area contributed by atoms with Crippen LogP contribution in [0.5, 0.6) is 0 Å². The van der Waals surface area contributed by atoms with Gasteiger partial charge in [0.25, 0.3) is 10.0 Å². The average Bonchev–Trinajstić information content (AvgIpc) is 2.78. The fraction of sp³-hybridized carbons (Fsp3) is 0.0667. The van der Waals surface area contributed by atoms with Gasteiger partial charge in [-0.25, -0.2) is 4.79 Å². The van der Waals surface area contributed by atoms with E-state index in [0.29, 0.717) is 0 Å². The Kier molecular flexibility index (Phi) is 3.99. The minimum Gasteiger partial charge on any atom is -0.390 e. The van der Waals surface area contributed by atoms with Crippen LogP contribution in [-0.4, -0.2) is 20.4 Å². The number of rotatable bonds is 1. The minimum atomic E-state index is -4.49. The summed E-state index contributed by atoms with van der Waals surface area (Å²) in [6.45, 7) is 0. The van der Waals surface area contributed by atoms with E-state index in [-0.39, 0.29) is 16.1 Å². The molecule has 3 rings (SSSR count). The molecule has 25 heavy (non-hydrogen) atoms. The lowest BCUT2D eigenvalue weighted by Gasteiger charge is -2.09. The first kappa shape index (κ1) is 17.0. The topological polar surface area (TPSA) is 84.8 Å². The SMILES string of the molecule is O=C(Nc1ccc(C(F)(F)F)cc1)OC1=NS(=O)(=O)c2ccccc21. The van der Waals surface area contributed by atoms with Crippen molar-refractivity contribution < 1.29 is 31.1 Å². The van der Waals surface area contributed by atoms with Crippen molar-refractivity contribution in [3.63, 3.8) is 0 Å². The molecule has 1 amide bonds. The van der Waals surface area contributed by atoms with Gasteiger partial charge < -0.3 is 4.74 Å². The highest BCUT2D eigenvalue weighted by atomic mass is 32.2. The third-order valence-corrected chi connectivity index (χ3v) is 4.56. The van der Waals surface area contributed by atoms with E-state index in [1.807, 2.05) is 0 Å². The summed E-state index contributed by atoms with van der Waals surface area (Å²) in [5.41, 5.74) is -0.690. The summed E-state index contributed by atoms with van der Waals surface area (Å²) in [5, 5.41) is 2.20. The summed E-state index contributed by atoms with van der Waals surface area (Å²) < 4.78 is 69.3. The Morgan fingerprint density at radius 3 is 2.32 bits per heavy atom. The van der Waals surface area contributed by atoms with Crippen LogP contribution in [-0.2, 0) is 20.9 Å². The van der Waals surface area contributed by atoms with E-state index in [2.05, 4.69) is 9.71 Å². The lowest BCUT2D eigenvalue weighted by Crippen LogP contribution is -2.18. The highest BCUT2D eigenvalue weighted by Crippen LogP contribution is 2.30. The van der Waals surface area contributed by atoms with E-state index in [9.17, 15) is 26.4 Å². The van der Waals surface area contributed by atoms with Crippen molar-refractivity contribution in [1.29, 1.82) is 0 Å². The third-order valence-electron chi connectivity index (χ3n) is 3.25. The Morgan fingerprint density at radius 2 is 1.68 bits per heavy atom. The van der Waals surface area contributed by atoms with Gasteiger partial charge in [0.05, 0.1) is 11.1 Å². The number of carbonyl (C=O) groups is 1. The van der Waals surface area contributed by atoms with Crippen molar-refractivity contribution in [2.75, 3.05) is 5.32 Å². The van der Waals surface area contributed by atoms with Crippen LogP contribution in [0.4, 0.5) is 23.7 Å². The zero-order chi connectivity index (χ0) is 18.2. The smallest absolute Gasteiger partial charge is 0.390 e. The number of fused-ring (bicyclic) bond motifs is 1. The second-order valence-corrected chi connectivity index (χ2v) is 6.53. The van der Waals surface area contributed by atoms with Gasteiger partial charge in [0.2, 0.25) is 5.90 Å². The molecule has 0 bridgehead atoms. The summed E-state index contributed by atoms with van der Waals surface area (Å²) in [5.74, 6) is -0.403. The van der Waals surface area contributed by atoms with Gasteiger partial charge >= 0.3 is 12.3 Å². The Labute approximate surface area is 140 Å². The number of anilines is 1. The number of ether oxygens (including phenoxy) is 1. The number of sulfonamides is 1. The number of benzene rings is 2. The summed E-state index contributed by atoms with van der Waals surface area (Å²) in [4.78, 5) is 11.7. The summed E-state index contributed by atoms with van der Waals surface area (Å²) in [6.07, 6.45) is -5.57. The zero-order valence-corrected chi connectivity index (χ0v) is 13.1. The number of amides is 1. The number of carbonyl (C=O) groups excluding carboxylic acids is 1. The molecule has 0 aliphatic carbocycles. The van der Waals surface area contributed by atoms with Gasteiger partial charge in [0.1, 0.15) is 4.90 Å². The number of hydrogen-bond donors (Lipinski definition) is 1. The molecule has 130 valence electrons. The van der Waals surface area contributed by atoms with Crippen molar-refractivity contribution in [3.8, 4) is 0 Å². The molecule has 0 fully saturated rings. The lowest BCUT2D eigenvalue weighted by molar-refractivity contribution is -0.137. The second-order valence-electron chi connectivity index (χ2n) is 4.96. The van der Waals surface area contributed by atoms with E-state index < -0.39 is 33.8 Å². The lowest BCUT2D eigenvalue weighted by atomic mass is 10.2. The molecule has 0 unspecified atom stereocenters. The molecule has 1 aliphatic rings. The fourth-order valence-electron chi connectivity index (χ4n) is 2.12. The number of hydrogen-bond acceptors (Lipinski definition) is 4. The molecule has 2 aromatic rings. The second kappa shape index (κ2) is 5.88. The maximum atomic E-state index is 12.5. The standard InChI is InChI=1S/C15H9F3N2O4S/c16-15(17,18)9-5-7-10(8-6-9)19-14(21)24-13-11-3-1-2-4-12(11)25(22,23)20-13/h1-8H,(H,19,21). The van der Waals surface area contributed by atoms with Gasteiger partial charge in [0.15, 0.2) is 0 Å². The molecular weight excluding hydrogens is 361 g/mol. The quantitative estimate of drug-likeness (QED) is 0.834. The monoisotopic (exact) mass is 370 g/mol. The first-order valence-electron chi connectivity index (χ1n) is 6.77. The van der Waals surface area contributed by atoms with Gasteiger partial charge in [-0.3, -0.25) is 5.32 Å². The molecule has 0 spiro atoms. The first-order valence-corrected chi connectivity index (χ1v) is 8.21. The van der Waals surface area contributed by atoms with E-state index in [4.69, 9.17) is 4.74 Å². The molecule has 6 nitrogen and oxygen atoms in total. The van der Waals surface area contributed by atoms with Crippen LogP contribution in [0, 0.1) is 0 Å². The number of halogens is 3. The van der Waals surface area contributed by atoms with E-state index in [1.165, 1.54) is 18.2 Å². The van der Waals surface area contributed by atoms with Gasteiger partial charge in [-0.15, -0.1) is 4.40 Å². The van der Waals surface area contributed by atoms with Crippen molar-refractivity contribution in [2.45, 2.75) is 11.1 Å². The summed E-state index contributed by atoms with van der Waals surface area (Å²) in [7, 11) is -3.94. The fourth-order valence-corrected chi connectivity index (χ4v) is 3.26. The van der Waals surface area contributed by atoms with Crippen LogP contribution < -0.4 is 5.32 Å². The Bertz CT molecular complexity index is 967. The van der Waals surface area contributed by atoms with Crippen LogP contribution in [0.1, 0.15) is 11.1 Å². The minimum absolute atomic E-state index is 0.0488. The molecule has 0 radical (unpaired) electrons. The summed E-state index contributed by atoms with van der Waals surface area (Å²) >= 11 is 0. The summed E-state index contributed by atoms with van der Waals surface area (Å²) in [6, 6.07) is 9.47.